The molecule has 1 saturated heterocycles. The van der Waals surface area contributed by atoms with Gasteiger partial charge in [0.15, 0.2) is 5.82 Å². The van der Waals surface area contributed by atoms with E-state index in [4.69, 9.17) is 19.9 Å². The number of hydrogen-bond donors (Lipinski definition) is 3. The number of fused-ring (bicyclic) bond motifs is 1. The number of aliphatic hydroxyl groups is 2. The predicted molar refractivity (Wildman–Crippen MR) is 93.8 cm³/mol. The molecule has 0 spiro atoms. The van der Waals surface area contributed by atoms with Crippen molar-refractivity contribution in [2.24, 2.45) is 0 Å². The van der Waals surface area contributed by atoms with Crippen LogP contribution in [0.4, 0.5) is 10.6 Å². The van der Waals surface area contributed by atoms with Crippen molar-refractivity contribution in [3.8, 4) is 0 Å². The van der Waals surface area contributed by atoms with Crippen LogP contribution in [-0.2, 0) is 14.2 Å². The van der Waals surface area contributed by atoms with Crippen molar-refractivity contribution >= 4 is 17.5 Å². The number of carbonyl (C=O) groups excluding carboxylic acids is 1. The van der Waals surface area contributed by atoms with Crippen molar-refractivity contribution in [3.63, 3.8) is 0 Å². The van der Waals surface area contributed by atoms with Gasteiger partial charge in [-0.1, -0.05) is 13.8 Å². The van der Waals surface area contributed by atoms with Gasteiger partial charge in [0.2, 0.25) is 0 Å². The van der Waals surface area contributed by atoms with E-state index in [9.17, 15) is 15.0 Å². The number of nitrogens with two attached hydrogens (primary N) is 1. The molecule has 4 N–H and O–H groups in total. The summed E-state index contributed by atoms with van der Waals surface area (Å²) in [4.78, 5) is 15.7. The first-order chi connectivity index (χ1) is 13.0. The molecule has 1 aliphatic heterocycles. The lowest BCUT2D eigenvalue weighted by Crippen LogP contribution is -2.34. The molecule has 27 heavy (non-hydrogen) atoms. The van der Waals surface area contributed by atoms with Gasteiger partial charge in [-0.05, 0) is 25.0 Å². The number of hydrogen-bond acceptors (Lipinski definition) is 9. The van der Waals surface area contributed by atoms with E-state index in [0.29, 0.717) is 24.1 Å². The number of aliphatic hydroxyl groups excluding tert-OH is 2. The summed E-state index contributed by atoms with van der Waals surface area (Å²) in [6, 6.07) is 3.38. The highest BCUT2D eigenvalue weighted by Gasteiger charge is 2.45. The third kappa shape index (κ3) is 3.82. The molecule has 3 heterocycles. The van der Waals surface area contributed by atoms with Crippen molar-refractivity contribution in [2.45, 2.75) is 57.2 Å². The van der Waals surface area contributed by atoms with Gasteiger partial charge in [-0.3, -0.25) is 0 Å². The van der Waals surface area contributed by atoms with Crippen LogP contribution in [0.25, 0.3) is 5.52 Å². The van der Waals surface area contributed by atoms with Gasteiger partial charge in [0.25, 0.3) is 0 Å². The van der Waals surface area contributed by atoms with E-state index in [2.05, 4.69) is 10.1 Å². The molecule has 148 valence electrons. The number of rotatable bonds is 6. The first-order valence-corrected chi connectivity index (χ1v) is 8.89. The fourth-order valence-electron chi connectivity index (χ4n) is 3.09. The summed E-state index contributed by atoms with van der Waals surface area (Å²) >= 11 is 0. The Morgan fingerprint density at radius 3 is 2.78 bits per heavy atom. The number of aromatic nitrogens is 3. The molecule has 2 aromatic heterocycles. The van der Waals surface area contributed by atoms with Crippen LogP contribution in [0.5, 0.6) is 0 Å². The first kappa shape index (κ1) is 19.3. The van der Waals surface area contributed by atoms with Crippen molar-refractivity contribution < 1.29 is 29.2 Å². The molecule has 0 bridgehead atoms. The average Bonchev–Trinajstić information content (AvgIpc) is 3.21. The van der Waals surface area contributed by atoms with Gasteiger partial charge in [-0.15, -0.1) is 0 Å². The molecule has 4 atom stereocenters. The Bertz CT molecular complexity index is 793. The summed E-state index contributed by atoms with van der Waals surface area (Å²) in [6.45, 7) is 3.57. The van der Waals surface area contributed by atoms with Crippen LogP contribution in [0.2, 0.25) is 0 Å². The third-order valence-corrected chi connectivity index (χ3v) is 4.70. The maximum absolute atomic E-state index is 11.8. The van der Waals surface area contributed by atoms with Crippen LogP contribution in [0, 0.1) is 0 Å². The Kier molecular flexibility index (Phi) is 5.78. The summed E-state index contributed by atoms with van der Waals surface area (Å²) in [6.07, 6.45) is -2.61. The molecule has 2 aromatic rings. The zero-order chi connectivity index (χ0) is 19.6. The number of nitrogen functional groups attached to an aromatic ring is 1. The predicted octanol–water partition coefficient (Wildman–Crippen LogP) is 0.815. The van der Waals surface area contributed by atoms with Crippen molar-refractivity contribution in [2.75, 3.05) is 12.3 Å². The van der Waals surface area contributed by atoms with Crippen LogP contribution >= 0.6 is 0 Å². The summed E-state index contributed by atoms with van der Waals surface area (Å²) in [7, 11) is 0. The van der Waals surface area contributed by atoms with Crippen molar-refractivity contribution in [3.05, 3.63) is 24.2 Å². The lowest BCUT2D eigenvalue weighted by molar-refractivity contribution is -0.0490. The fraction of sp³-hybridized carbons (Fsp3) is 0.588. The van der Waals surface area contributed by atoms with Crippen molar-refractivity contribution in [1.82, 2.24) is 14.6 Å². The second-order valence-corrected chi connectivity index (χ2v) is 6.39. The molecule has 1 aliphatic rings. The van der Waals surface area contributed by atoms with Crippen LogP contribution in [-0.4, -0.2) is 62.0 Å². The molecule has 0 aromatic carbocycles. The van der Waals surface area contributed by atoms with E-state index in [1.807, 2.05) is 13.8 Å². The second-order valence-electron chi connectivity index (χ2n) is 6.39. The van der Waals surface area contributed by atoms with E-state index < -0.39 is 30.6 Å². The molecular formula is C17H24N4O6. The Hall–Kier alpha value is -2.43. The average molecular weight is 380 g/mol. The first-order valence-electron chi connectivity index (χ1n) is 8.89. The van der Waals surface area contributed by atoms with Gasteiger partial charge in [0.1, 0.15) is 49.0 Å². The Morgan fingerprint density at radius 1 is 1.33 bits per heavy atom. The molecule has 1 fully saturated rings. The smallest absolute Gasteiger partial charge is 0.431 e. The van der Waals surface area contributed by atoms with Gasteiger partial charge in [-0.2, -0.15) is 5.10 Å². The summed E-state index contributed by atoms with van der Waals surface area (Å²) < 4.78 is 17.4. The topological polar surface area (TPSA) is 141 Å². The lowest BCUT2D eigenvalue weighted by atomic mass is 10.1. The van der Waals surface area contributed by atoms with Crippen LogP contribution in [0.15, 0.2) is 18.5 Å². The Balaban J connectivity index is 1.67. The molecule has 10 nitrogen and oxygen atoms in total. The summed E-state index contributed by atoms with van der Waals surface area (Å²) in [5, 5.41) is 24.8. The van der Waals surface area contributed by atoms with E-state index in [1.54, 1.807) is 12.1 Å². The molecule has 3 rings (SSSR count). The monoisotopic (exact) mass is 380 g/mol. The molecule has 0 unspecified atom stereocenters. The number of anilines is 1. The van der Waals surface area contributed by atoms with E-state index in [0.717, 1.165) is 0 Å². The minimum atomic E-state index is -1.24. The Labute approximate surface area is 155 Å². The van der Waals surface area contributed by atoms with Crippen LogP contribution in [0.3, 0.4) is 0 Å². The van der Waals surface area contributed by atoms with Crippen LogP contribution in [0.1, 0.15) is 38.5 Å². The summed E-state index contributed by atoms with van der Waals surface area (Å²) in [5.74, 6) is 0.285. The standard InChI is InChI=1S/C17H24N4O6/c1-3-9(4-2)26-17(24)25-7-12-13(22)14(23)15(27-12)10-5-6-11-16(18)19-8-20-21(10)11/h5-6,8-9,12-15,22-23H,3-4,7H2,1-2H3,(H2,18,19,20)/t12-,13-,14-,15+/m1/s1. The minimum Gasteiger partial charge on any atom is -0.431 e. The highest BCUT2D eigenvalue weighted by atomic mass is 16.7. The van der Waals surface area contributed by atoms with E-state index >= 15 is 0 Å². The number of ether oxygens (including phenoxy) is 3. The lowest BCUT2D eigenvalue weighted by Gasteiger charge is -2.17. The van der Waals surface area contributed by atoms with E-state index in [-0.39, 0.29) is 18.5 Å². The van der Waals surface area contributed by atoms with Gasteiger partial charge < -0.3 is 30.2 Å². The highest BCUT2D eigenvalue weighted by Crippen LogP contribution is 2.34. The molecule has 0 radical (unpaired) electrons. The van der Waals surface area contributed by atoms with Gasteiger partial charge >= 0.3 is 6.16 Å². The molecule has 0 amide bonds. The normalized spacial score (nSPS) is 25.2. The maximum atomic E-state index is 11.8. The quantitative estimate of drug-likeness (QED) is 0.621. The fourth-order valence-corrected chi connectivity index (χ4v) is 3.09. The van der Waals surface area contributed by atoms with Gasteiger partial charge in [0.05, 0.1) is 5.69 Å². The van der Waals surface area contributed by atoms with Crippen molar-refractivity contribution in [1.29, 1.82) is 0 Å². The highest BCUT2D eigenvalue weighted by molar-refractivity contribution is 5.65. The van der Waals surface area contributed by atoms with Crippen LogP contribution < -0.4 is 5.73 Å². The second kappa shape index (κ2) is 8.07. The van der Waals surface area contributed by atoms with Gasteiger partial charge in [0, 0.05) is 0 Å². The van der Waals surface area contributed by atoms with E-state index in [1.165, 1.54) is 10.8 Å². The molecular weight excluding hydrogens is 356 g/mol. The summed E-state index contributed by atoms with van der Waals surface area (Å²) in [5.41, 5.74) is 6.87. The molecule has 0 aliphatic carbocycles. The number of carbonyl (C=O) groups is 1. The number of nitrogens with zero attached hydrogens (tertiary/aromatic N) is 3. The molecule has 0 saturated carbocycles. The Morgan fingerprint density at radius 2 is 2.07 bits per heavy atom. The zero-order valence-electron chi connectivity index (χ0n) is 15.2. The van der Waals surface area contributed by atoms with Gasteiger partial charge in [-0.25, -0.2) is 14.3 Å². The molecule has 10 heteroatoms. The minimum absolute atomic E-state index is 0.220. The third-order valence-electron chi connectivity index (χ3n) is 4.70. The zero-order valence-corrected chi connectivity index (χ0v) is 15.2. The largest absolute Gasteiger partial charge is 0.508 e. The SMILES string of the molecule is CCC(CC)OC(=O)OC[C@H]1O[C@@H](c2ccc3c(N)ncnn23)[C@H](O)[C@@H]1O. The maximum Gasteiger partial charge on any atom is 0.508 e.